The summed E-state index contributed by atoms with van der Waals surface area (Å²) in [5.74, 6) is -0.387. The molecule has 22 heavy (non-hydrogen) atoms. The van der Waals surface area contributed by atoms with Gasteiger partial charge in [0.2, 0.25) is 0 Å². The Morgan fingerprint density at radius 2 is 2.23 bits per heavy atom. The van der Waals surface area contributed by atoms with Gasteiger partial charge in [-0.1, -0.05) is 11.6 Å². The molecule has 0 unspecified atom stereocenters. The monoisotopic (exact) mass is 325 g/mol. The lowest BCUT2D eigenvalue weighted by molar-refractivity contribution is -0.151. The zero-order chi connectivity index (χ0) is 15.7. The van der Waals surface area contributed by atoms with Crippen LogP contribution < -0.4 is 4.74 Å². The van der Waals surface area contributed by atoms with E-state index in [1.807, 2.05) is 0 Å². The number of aliphatic carboxylic acids is 1. The number of rotatable bonds is 3. The van der Waals surface area contributed by atoms with Crippen molar-refractivity contribution in [3.05, 3.63) is 28.8 Å². The lowest BCUT2D eigenvalue weighted by atomic mass is 10.1. The van der Waals surface area contributed by atoms with Crippen LogP contribution in [0, 0.1) is 0 Å². The summed E-state index contributed by atoms with van der Waals surface area (Å²) in [7, 11) is 0. The number of carbonyl (C=O) groups excluding carboxylic acids is 1. The Morgan fingerprint density at radius 3 is 3.00 bits per heavy atom. The van der Waals surface area contributed by atoms with Gasteiger partial charge in [-0.3, -0.25) is 9.59 Å². The van der Waals surface area contributed by atoms with E-state index in [0.717, 1.165) is 5.56 Å². The molecule has 0 aromatic heterocycles. The van der Waals surface area contributed by atoms with E-state index >= 15 is 0 Å². The van der Waals surface area contributed by atoms with E-state index in [1.165, 1.54) is 0 Å². The number of halogens is 1. The Kier molecular flexibility index (Phi) is 4.22. The highest BCUT2D eigenvalue weighted by molar-refractivity contribution is 6.30. The average molecular weight is 326 g/mol. The van der Waals surface area contributed by atoms with Crippen molar-refractivity contribution in [2.75, 3.05) is 19.7 Å². The fourth-order valence-corrected chi connectivity index (χ4v) is 2.99. The number of carbonyl (C=O) groups is 2. The minimum Gasteiger partial charge on any atom is -0.481 e. The summed E-state index contributed by atoms with van der Waals surface area (Å²) in [6.07, 6.45) is -0.661. The molecule has 118 valence electrons. The number of hydrogen-bond donors (Lipinski definition) is 1. The summed E-state index contributed by atoms with van der Waals surface area (Å²) in [5.41, 5.74) is 0.918. The van der Waals surface area contributed by atoms with E-state index in [1.54, 1.807) is 23.1 Å². The van der Waals surface area contributed by atoms with Gasteiger partial charge >= 0.3 is 5.97 Å². The van der Waals surface area contributed by atoms with Crippen molar-refractivity contribution in [1.29, 1.82) is 0 Å². The molecule has 2 aliphatic rings. The third-order valence-corrected chi connectivity index (χ3v) is 4.06. The van der Waals surface area contributed by atoms with Crippen LogP contribution in [-0.2, 0) is 20.7 Å². The Bertz CT molecular complexity index is 606. The quantitative estimate of drug-likeness (QED) is 0.907. The van der Waals surface area contributed by atoms with Crippen molar-refractivity contribution in [3.63, 3.8) is 0 Å². The van der Waals surface area contributed by atoms with Gasteiger partial charge in [0.25, 0.3) is 5.91 Å². The molecule has 7 heteroatoms. The summed E-state index contributed by atoms with van der Waals surface area (Å²) >= 11 is 5.94. The van der Waals surface area contributed by atoms with Gasteiger partial charge in [-0.2, -0.15) is 0 Å². The fraction of sp³-hybridized carbons (Fsp3) is 0.467. The highest BCUT2D eigenvalue weighted by atomic mass is 35.5. The highest BCUT2D eigenvalue weighted by Gasteiger charge is 2.35. The minimum absolute atomic E-state index is 0.106. The van der Waals surface area contributed by atoms with E-state index in [4.69, 9.17) is 26.2 Å². The van der Waals surface area contributed by atoms with Crippen LogP contribution in [0.2, 0.25) is 5.02 Å². The number of amides is 1. The van der Waals surface area contributed by atoms with Crippen molar-refractivity contribution in [2.45, 2.75) is 25.0 Å². The number of nitrogens with zero attached hydrogens (tertiary/aromatic N) is 1. The molecule has 2 heterocycles. The number of morpholine rings is 1. The van der Waals surface area contributed by atoms with E-state index in [0.29, 0.717) is 30.3 Å². The first kappa shape index (κ1) is 15.1. The van der Waals surface area contributed by atoms with Gasteiger partial charge in [0.15, 0.2) is 6.10 Å². The molecular weight excluding hydrogens is 310 g/mol. The minimum atomic E-state index is -0.932. The summed E-state index contributed by atoms with van der Waals surface area (Å²) in [6, 6.07) is 5.29. The summed E-state index contributed by atoms with van der Waals surface area (Å²) in [6.45, 7) is 1.07. The molecule has 0 radical (unpaired) electrons. The van der Waals surface area contributed by atoms with Gasteiger partial charge in [0, 0.05) is 24.5 Å². The molecule has 0 saturated carbocycles. The largest absolute Gasteiger partial charge is 0.481 e. The molecule has 2 aliphatic heterocycles. The van der Waals surface area contributed by atoms with Crippen molar-refractivity contribution >= 4 is 23.5 Å². The van der Waals surface area contributed by atoms with Crippen molar-refractivity contribution in [1.82, 2.24) is 4.90 Å². The van der Waals surface area contributed by atoms with Gasteiger partial charge in [-0.15, -0.1) is 0 Å². The van der Waals surface area contributed by atoms with Gasteiger partial charge in [0.1, 0.15) is 5.75 Å². The summed E-state index contributed by atoms with van der Waals surface area (Å²) in [5, 5.41) is 9.44. The van der Waals surface area contributed by atoms with Gasteiger partial charge in [-0.25, -0.2) is 0 Å². The van der Waals surface area contributed by atoms with E-state index in [9.17, 15) is 9.59 Å². The molecule has 0 bridgehead atoms. The van der Waals surface area contributed by atoms with E-state index < -0.39 is 18.2 Å². The SMILES string of the molecule is O=C(O)C[C@H]1CN(C(=O)[C@@H]2Cc3cc(Cl)ccc3O2)CCO1. The maximum Gasteiger partial charge on any atom is 0.306 e. The molecule has 6 nitrogen and oxygen atoms in total. The molecule has 3 rings (SSSR count). The number of ether oxygens (including phenoxy) is 2. The van der Waals surface area contributed by atoms with Gasteiger partial charge < -0.3 is 19.5 Å². The van der Waals surface area contributed by atoms with Crippen LogP contribution in [-0.4, -0.2) is 53.8 Å². The molecule has 1 saturated heterocycles. The van der Waals surface area contributed by atoms with Crippen LogP contribution in [0.15, 0.2) is 18.2 Å². The Morgan fingerprint density at radius 1 is 1.41 bits per heavy atom. The van der Waals surface area contributed by atoms with E-state index in [2.05, 4.69) is 0 Å². The zero-order valence-corrected chi connectivity index (χ0v) is 12.6. The molecule has 1 fully saturated rings. The molecule has 1 aromatic rings. The average Bonchev–Trinajstić information content (AvgIpc) is 2.89. The van der Waals surface area contributed by atoms with Crippen LogP contribution in [0.5, 0.6) is 5.75 Å². The Hall–Kier alpha value is -1.79. The van der Waals surface area contributed by atoms with Crippen molar-refractivity contribution < 1.29 is 24.2 Å². The third kappa shape index (κ3) is 3.18. The zero-order valence-electron chi connectivity index (χ0n) is 11.8. The predicted octanol–water partition coefficient (Wildman–Crippen LogP) is 1.35. The fourth-order valence-electron chi connectivity index (χ4n) is 2.80. The topological polar surface area (TPSA) is 76.1 Å². The number of benzene rings is 1. The van der Waals surface area contributed by atoms with E-state index in [-0.39, 0.29) is 18.9 Å². The molecule has 1 aromatic carbocycles. The maximum absolute atomic E-state index is 12.6. The van der Waals surface area contributed by atoms with Crippen LogP contribution >= 0.6 is 11.6 Å². The van der Waals surface area contributed by atoms with Crippen molar-refractivity contribution in [2.24, 2.45) is 0 Å². The smallest absolute Gasteiger partial charge is 0.306 e. The van der Waals surface area contributed by atoms with Crippen LogP contribution in [0.25, 0.3) is 0 Å². The predicted molar refractivity (Wildman–Crippen MR) is 78.1 cm³/mol. The summed E-state index contributed by atoms with van der Waals surface area (Å²) in [4.78, 5) is 24.9. The van der Waals surface area contributed by atoms with Crippen LogP contribution in [0.3, 0.4) is 0 Å². The van der Waals surface area contributed by atoms with Crippen molar-refractivity contribution in [3.8, 4) is 5.75 Å². The standard InChI is InChI=1S/C15H16ClNO5/c16-10-1-2-12-9(5-10)6-13(22-12)15(20)17-3-4-21-11(8-17)7-14(18)19/h1-2,5,11,13H,3-4,6-8H2,(H,18,19)/t11-,13-/m0/s1. The van der Waals surface area contributed by atoms with Gasteiger partial charge in [-0.05, 0) is 23.8 Å². The second kappa shape index (κ2) is 6.14. The molecule has 1 amide bonds. The number of hydrogen-bond acceptors (Lipinski definition) is 4. The third-order valence-electron chi connectivity index (χ3n) is 3.83. The van der Waals surface area contributed by atoms with Gasteiger partial charge in [0.05, 0.1) is 19.1 Å². The first-order valence-electron chi connectivity index (χ1n) is 7.10. The highest BCUT2D eigenvalue weighted by Crippen LogP contribution is 2.32. The lowest BCUT2D eigenvalue weighted by Gasteiger charge is -2.33. The summed E-state index contributed by atoms with van der Waals surface area (Å²) < 4.78 is 11.1. The Balaban J connectivity index is 1.64. The van der Waals surface area contributed by atoms with Crippen LogP contribution in [0.4, 0.5) is 0 Å². The maximum atomic E-state index is 12.6. The molecular formula is C15H16ClNO5. The molecule has 1 N–H and O–H groups in total. The molecule has 0 aliphatic carbocycles. The Labute approximate surface area is 132 Å². The van der Waals surface area contributed by atoms with Crippen LogP contribution in [0.1, 0.15) is 12.0 Å². The first-order chi connectivity index (χ1) is 10.5. The number of carboxylic acids is 1. The number of carboxylic acid groups (broad SMARTS) is 1. The normalized spacial score (nSPS) is 23.8. The second-order valence-electron chi connectivity index (χ2n) is 5.44. The molecule has 2 atom stereocenters. The lowest BCUT2D eigenvalue weighted by Crippen LogP contribution is -2.50. The first-order valence-corrected chi connectivity index (χ1v) is 7.48. The molecule has 0 spiro atoms. The second-order valence-corrected chi connectivity index (χ2v) is 5.87. The number of fused-ring (bicyclic) bond motifs is 1.